The van der Waals surface area contributed by atoms with Gasteiger partial charge in [0, 0.05) is 6.54 Å². The van der Waals surface area contributed by atoms with E-state index in [9.17, 15) is 8.42 Å². The number of nitrogens with one attached hydrogen (secondary N) is 1. The Kier molecular flexibility index (Phi) is 8.12. The summed E-state index contributed by atoms with van der Waals surface area (Å²) in [6, 6.07) is 0. The van der Waals surface area contributed by atoms with E-state index < -0.39 is 9.84 Å². The van der Waals surface area contributed by atoms with Crippen molar-refractivity contribution < 1.29 is 13.5 Å². The molecule has 0 bridgehead atoms. The van der Waals surface area contributed by atoms with Crippen LogP contribution in [0.3, 0.4) is 0 Å². The van der Waals surface area contributed by atoms with Crippen molar-refractivity contribution in [2.24, 2.45) is 0 Å². The van der Waals surface area contributed by atoms with Crippen molar-refractivity contribution in [3.05, 3.63) is 0 Å². The Labute approximate surface area is 86.6 Å². The van der Waals surface area contributed by atoms with Crippen molar-refractivity contribution >= 4 is 9.84 Å². The molecule has 0 atom stereocenters. The summed E-state index contributed by atoms with van der Waals surface area (Å²) in [5, 5.41) is 11.5. The summed E-state index contributed by atoms with van der Waals surface area (Å²) < 4.78 is 22.2. The van der Waals surface area contributed by atoms with Crippen LogP contribution >= 0.6 is 0 Å². The highest BCUT2D eigenvalue weighted by molar-refractivity contribution is 7.91. The summed E-state index contributed by atoms with van der Waals surface area (Å²) in [6.45, 7) is 3.22. The first-order chi connectivity index (χ1) is 6.62. The van der Waals surface area contributed by atoms with Crippen LogP contribution in [0.2, 0.25) is 0 Å². The number of unbranched alkanes of at least 4 members (excludes halogenated alkanes) is 2. The van der Waals surface area contributed by atoms with Gasteiger partial charge in [-0.15, -0.1) is 0 Å². The zero-order valence-electron chi connectivity index (χ0n) is 8.83. The van der Waals surface area contributed by atoms with E-state index in [1.807, 2.05) is 0 Å². The highest BCUT2D eigenvalue weighted by Crippen LogP contribution is 1.91. The van der Waals surface area contributed by atoms with E-state index in [1.54, 1.807) is 0 Å². The van der Waals surface area contributed by atoms with Gasteiger partial charge >= 0.3 is 0 Å². The molecular formula is C9H21NO3S. The molecule has 0 aromatic rings. The molecule has 0 aliphatic carbocycles. The second-order valence-electron chi connectivity index (χ2n) is 3.33. The standard InChI is InChI=1S/C9H21NO3S/c1-2-3-4-5-10-6-8-14(12,13)9-7-11/h10-11H,2-9H2,1H3. The predicted octanol–water partition coefficient (Wildman–Crippen LogP) is 0.173. The lowest BCUT2D eigenvalue weighted by Gasteiger charge is -2.04. The molecule has 0 aromatic heterocycles. The Morgan fingerprint density at radius 1 is 1.14 bits per heavy atom. The fourth-order valence-corrected chi connectivity index (χ4v) is 2.03. The average molecular weight is 223 g/mol. The fraction of sp³-hybridized carbons (Fsp3) is 1.00. The smallest absolute Gasteiger partial charge is 0.153 e. The third-order valence-electron chi connectivity index (χ3n) is 1.95. The molecule has 2 N–H and O–H groups in total. The van der Waals surface area contributed by atoms with Gasteiger partial charge in [-0.2, -0.15) is 0 Å². The Morgan fingerprint density at radius 2 is 1.86 bits per heavy atom. The van der Waals surface area contributed by atoms with Crippen molar-refractivity contribution in [3.8, 4) is 0 Å². The molecule has 4 nitrogen and oxygen atoms in total. The van der Waals surface area contributed by atoms with Gasteiger partial charge in [0.1, 0.15) is 0 Å². The van der Waals surface area contributed by atoms with Crippen LogP contribution in [-0.4, -0.2) is 44.7 Å². The minimum absolute atomic E-state index is 0.121. The molecule has 14 heavy (non-hydrogen) atoms. The monoisotopic (exact) mass is 223 g/mol. The molecule has 0 amide bonds. The predicted molar refractivity (Wildman–Crippen MR) is 58.1 cm³/mol. The molecule has 0 aliphatic rings. The quantitative estimate of drug-likeness (QED) is 0.547. The second kappa shape index (κ2) is 8.20. The average Bonchev–Trinajstić information content (AvgIpc) is 2.11. The third-order valence-corrected chi connectivity index (χ3v) is 3.58. The number of hydrogen-bond acceptors (Lipinski definition) is 4. The maximum Gasteiger partial charge on any atom is 0.153 e. The lowest BCUT2D eigenvalue weighted by molar-refractivity contribution is 0.319. The molecule has 0 rings (SSSR count). The Balaban J connectivity index is 3.35. The van der Waals surface area contributed by atoms with Crippen LogP contribution < -0.4 is 5.32 Å². The Hall–Kier alpha value is -0.130. The maximum absolute atomic E-state index is 11.1. The number of aliphatic hydroxyl groups is 1. The molecule has 0 saturated carbocycles. The fourth-order valence-electron chi connectivity index (χ4n) is 1.09. The summed E-state index contributed by atoms with van der Waals surface area (Å²) in [7, 11) is -3.04. The molecule has 5 heteroatoms. The van der Waals surface area contributed by atoms with Crippen molar-refractivity contribution in [2.45, 2.75) is 26.2 Å². The second-order valence-corrected chi connectivity index (χ2v) is 5.64. The summed E-state index contributed by atoms with van der Waals surface area (Å²) in [5.41, 5.74) is 0. The van der Waals surface area contributed by atoms with E-state index in [0.717, 1.165) is 13.0 Å². The SMILES string of the molecule is CCCCCNCCS(=O)(=O)CCO. The molecule has 0 aliphatic heterocycles. The summed E-state index contributed by atoms with van der Waals surface area (Å²) >= 11 is 0. The topological polar surface area (TPSA) is 66.4 Å². The van der Waals surface area contributed by atoms with Crippen LogP contribution in [0.25, 0.3) is 0 Å². The van der Waals surface area contributed by atoms with Crippen molar-refractivity contribution in [1.29, 1.82) is 0 Å². The molecule has 0 saturated heterocycles. The number of rotatable bonds is 9. The van der Waals surface area contributed by atoms with Crippen molar-refractivity contribution in [1.82, 2.24) is 5.32 Å². The highest BCUT2D eigenvalue weighted by Gasteiger charge is 2.08. The van der Waals surface area contributed by atoms with Crippen LogP contribution in [0, 0.1) is 0 Å². The van der Waals surface area contributed by atoms with E-state index in [4.69, 9.17) is 5.11 Å². The zero-order valence-corrected chi connectivity index (χ0v) is 9.65. The number of aliphatic hydroxyl groups excluding tert-OH is 1. The van der Waals surface area contributed by atoms with Gasteiger partial charge in [0.15, 0.2) is 9.84 Å². The van der Waals surface area contributed by atoms with Crippen LogP contribution in [0.1, 0.15) is 26.2 Å². The summed E-state index contributed by atoms with van der Waals surface area (Å²) in [6.07, 6.45) is 3.44. The minimum atomic E-state index is -3.04. The molecule has 0 heterocycles. The van der Waals surface area contributed by atoms with Crippen molar-refractivity contribution in [3.63, 3.8) is 0 Å². The Morgan fingerprint density at radius 3 is 2.43 bits per heavy atom. The van der Waals surface area contributed by atoms with Crippen LogP contribution in [0.4, 0.5) is 0 Å². The van der Waals surface area contributed by atoms with E-state index in [-0.39, 0.29) is 18.1 Å². The highest BCUT2D eigenvalue weighted by atomic mass is 32.2. The molecule has 0 fully saturated rings. The van der Waals surface area contributed by atoms with Crippen LogP contribution in [0.15, 0.2) is 0 Å². The molecule has 86 valence electrons. The van der Waals surface area contributed by atoms with E-state index in [1.165, 1.54) is 12.8 Å². The lowest BCUT2D eigenvalue weighted by Crippen LogP contribution is -2.26. The normalized spacial score (nSPS) is 11.9. The lowest BCUT2D eigenvalue weighted by atomic mass is 10.2. The first kappa shape index (κ1) is 13.9. The van der Waals surface area contributed by atoms with Crippen LogP contribution in [-0.2, 0) is 9.84 Å². The van der Waals surface area contributed by atoms with Gasteiger partial charge in [-0.25, -0.2) is 8.42 Å². The number of sulfone groups is 1. The van der Waals surface area contributed by atoms with E-state index in [2.05, 4.69) is 12.2 Å². The molecule has 0 aromatic carbocycles. The van der Waals surface area contributed by atoms with E-state index >= 15 is 0 Å². The van der Waals surface area contributed by atoms with Crippen molar-refractivity contribution in [2.75, 3.05) is 31.2 Å². The first-order valence-corrected chi connectivity index (χ1v) is 6.96. The third kappa shape index (κ3) is 8.47. The minimum Gasteiger partial charge on any atom is -0.395 e. The number of hydrogen-bond donors (Lipinski definition) is 2. The maximum atomic E-state index is 11.1. The van der Waals surface area contributed by atoms with Gasteiger partial charge in [0.05, 0.1) is 18.1 Å². The largest absolute Gasteiger partial charge is 0.395 e. The first-order valence-electron chi connectivity index (χ1n) is 5.14. The summed E-state index contributed by atoms with van der Waals surface area (Å²) in [4.78, 5) is 0. The Bertz CT molecular complexity index is 214. The van der Waals surface area contributed by atoms with Gasteiger partial charge in [0.25, 0.3) is 0 Å². The zero-order chi connectivity index (χ0) is 10.9. The molecule has 0 unspecified atom stereocenters. The molecule has 0 spiro atoms. The summed E-state index contributed by atoms with van der Waals surface area (Å²) in [5.74, 6) is 0.00330. The molecule has 0 radical (unpaired) electrons. The van der Waals surface area contributed by atoms with Gasteiger partial charge < -0.3 is 10.4 Å². The molecular weight excluding hydrogens is 202 g/mol. The van der Waals surface area contributed by atoms with Gasteiger partial charge in [-0.05, 0) is 13.0 Å². The van der Waals surface area contributed by atoms with Gasteiger partial charge in [0.2, 0.25) is 0 Å². The van der Waals surface area contributed by atoms with Gasteiger partial charge in [-0.1, -0.05) is 19.8 Å². The van der Waals surface area contributed by atoms with E-state index in [0.29, 0.717) is 6.54 Å². The van der Waals surface area contributed by atoms with Gasteiger partial charge in [-0.3, -0.25) is 0 Å². The van der Waals surface area contributed by atoms with Crippen LogP contribution in [0.5, 0.6) is 0 Å².